The second kappa shape index (κ2) is 3.85. The molecule has 0 amide bonds. The Morgan fingerprint density at radius 1 is 1.08 bits per heavy atom. The normalized spacial score (nSPS) is 18.3. The van der Waals surface area contributed by atoms with Crippen LogP contribution in [-0.2, 0) is 30.7 Å². The Balaban J connectivity index is 0.00000121. The van der Waals surface area contributed by atoms with Gasteiger partial charge in [0.1, 0.15) is 0 Å². The first-order chi connectivity index (χ1) is 5.09. The number of carboxylic acid groups (broad SMARTS) is 2. The van der Waals surface area contributed by atoms with E-state index in [1.165, 1.54) is 0 Å². The molecule has 5 heteroatoms. The van der Waals surface area contributed by atoms with Crippen LogP contribution in [-0.4, -0.2) is 22.2 Å². The monoisotopic (exact) mass is 351 g/mol. The largest absolute Gasteiger partial charge is 0.480 e. The van der Waals surface area contributed by atoms with E-state index in [2.05, 4.69) is 0 Å². The summed E-state index contributed by atoms with van der Waals surface area (Å²) in [5.41, 5.74) is -1.58. The van der Waals surface area contributed by atoms with Gasteiger partial charge < -0.3 is 10.2 Å². The Morgan fingerprint density at radius 3 is 1.58 bits per heavy atom. The SMILES string of the molecule is O=C(O)C1(C(=O)O)CC=CC1.[Pt]. The third-order valence-electron chi connectivity index (χ3n) is 1.92. The molecule has 12 heavy (non-hydrogen) atoms. The van der Waals surface area contributed by atoms with Crippen LogP contribution < -0.4 is 0 Å². The molecular formula is C7H8O4Pt. The smallest absolute Gasteiger partial charge is 0.321 e. The molecule has 0 heterocycles. The van der Waals surface area contributed by atoms with Gasteiger partial charge >= 0.3 is 11.9 Å². The van der Waals surface area contributed by atoms with Gasteiger partial charge in [-0.3, -0.25) is 9.59 Å². The molecule has 1 rings (SSSR count). The zero-order valence-corrected chi connectivity index (χ0v) is 8.37. The van der Waals surface area contributed by atoms with Crippen LogP contribution in [0.3, 0.4) is 0 Å². The molecule has 0 spiro atoms. The van der Waals surface area contributed by atoms with Crippen molar-refractivity contribution in [3.8, 4) is 0 Å². The summed E-state index contributed by atoms with van der Waals surface area (Å²) in [6, 6.07) is 0. The maximum atomic E-state index is 10.5. The van der Waals surface area contributed by atoms with Crippen LogP contribution in [0.5, 0.6) is 0 Å². The molecular weight excluding hydrogens is 343 g/mol. The molecule has 0 saturated heterocycles. The summed E-state index contributed by atoms with van der Waals surface area (Å²) >= 11 is 0. The Bertz CT molecular complexity index is 210. The first-order valence-corrected chi connectivity index (χ1v) is 3.21. The quantitative estimate of drug-likeness (QED) is 0.561. The standard InChI is InChI=1S/C7H8O4.Pt/c8-5(9)7(6(10)11)3-1-2-4-7;/h1-2H,3-4H2,(H,8,9)(H,10,11);. The fourth-order valence-corrected chi connectivity index (χ4v) is 1.09. The fourth-order valence-electron chi connectivity index (χ4n) is 1.09. The molecule has 0 fully saturated rings. The van der Waals surface area contributed by atoms with Crippen molar-refractivity contribution >= 4 is 11.9 Å². The molecule has 0 aromatic rings. The second-order valence-electron chi connectivity index (χ2n) is 2.57. The molecule has 0 radical (unpaired) electrons. The molecule has 70 valence electrons. The van der Waals surface area contributed by atoms with Gasteiger partial charge in [-0.2, -0.15) is 0 Å². The Kier molecular flexibility index (Phi) is 3.65. The molecule has 2 N–H and O–H groups in total. The molecule has 0 unspecified atom stereocenters. The van der Waals surface area contributed by atoms with E-state index in [0.717, 1.165) is 0 Å². The van der Waals surface area contributed by atoms with E-state index in [1.54, 1.807) is 12.2 Å². The van der Waals surface area contributed by atoms with Crippen LogP contribution in [0.4, 0.5) is 0 Å². The van der Waals surface area contributed by atoms with Crippen LogP contribution in [0.2, 0.25) is 0 Å². The third-order valence-corrected chi connectivity index (χ3v) is 1.92. The van der Waals surface area contributed by atoms with Gasteiger partial charge in [0.25, 0.3) is 0 Å². The van der Waals surface area contributed by atoms with E-state index in [1.807, 2.05) is 0 Å². The number of carbonyl (C=O) groups is 2. The molecule has 0 bridgehead atoms. The summed E-state index contributed by atoms with van der Waals surface area (Å²) in [5, 5.41) is 17.2. The van der Waals surface area contributed by atoms with Gasteiger partial charge in [0.15, 0.2) is 5.41 Å². The molecule has 0 atom stereocenters. The van der Waals surface area contributed by atoms with Gasteiger partial charge in [-0.15, -0.1) is 0 Å². The summed E-state index contributed by atoms with van der Waals surface area (Å²) in [5.74, 6) is -2.51. The molecule has 0 aliphatic heterocycles. The van der Waals surface area contributed by atoms with Crippen LogP contribution in [0.1, 0.15) is 12.8 Å². The topological polar surface area (TPSA) is 74.6 Å². The van der Waals surface area contributed by atoms with E-state index in [4.69, 9.17) is 10.2 Å². The first kappa shape index (κ1) is 11.4. The van der Waals surface area contributed by atoms with Crippen LogP contribution >= 0.6 is 0 Å². The number of rotatable bonds is 2. The number of carboxylic acids is 2. The average Bonchev–Trinajstić information content (AvgIpc) is 2.34. The number of hydrogen-bond donors (Lipinski definition) is 2. The third kappa shape index (κ3) is 1.58. The molecule has 1 aliphatic carbocycles. The summed E-state index contributed by atoms with van der Waals surface area (Å²) in [6.45, 7) is 0. The van der Waals surface area contributed by atoms with E-state index in [0.29, 0.717) is 0 Å². The Morgan fingerprint density at radius 2 is 1.42 bits per heavy atom. The minimum Gasteiger partial charge on any atom is -0.480 e. The predicted molar refractivity (Wildman–Crippen MR) is 36.1 cm³/mol. The van der Waals surface area contributed by atoms with E-state index in [-0.39, 0.29) is 33.9 Å². The van der Waals surface area contributed by atoms with E-state index >= 15 is 0 Å². The molecule has 0 aromatic heterocycles. The van der Waals surface area contributed by atoms with Gasteiger partial charge in [0, 0.05) is 21.1 Å². The molecule has 0 saturated carbocycles. The van der Waals surface area contributed by atoms with Crippen molar-refractivity contribution in [1.29, 1.82) is 0 Å². The predicted octanol–water partition coefficient (Wildman–Crippen LogP) is 0.489. The summed E-state index contributed by atoms with van der Waals surface area (Å²) in [6.07, 6.45) is 3.36. The zero-order chi connectivity index (χ0) is 8.48. The molecule has 4 nitrogen and oxygen atoms in total. The Labute approximate surface area is 83.5 Å². The van der Waals surface area contributed by atoms with Gasteiger partial charge in [-0.25, -0.2) is 0 Å². The molecule has 1 aliphatic rings. The van der Waals surface area contributed by atoms with Crippen LogP contribution in [0, 0.1) is 5.41 Å². The van der Waals surface area contributed by atoms with Gasteiger partial charge in [-0.05, 0) is 12.8 Å². The van der Waals surface area contributed by atoms with Crippen molar-refractivity contribution in [2.75, 3.05) is 0 Å². The average molecular weight is 351 g/mol. The van der Waals surface area contributed by atoms with E-state index < -0.39 is 17.4 Å². The Hall–Kier alpha value is -0.632. The summed E-state index contributed by atoms with van der Waals surface area (Å²) < 4.78 is 0. The van der Waals surface area contributed by atoms with Crippen LogP contribution in [0.25, 0.3) is 0 Å². The molecule has 0 aromatic carbocycles. The van der Waals surface area contributed by atoms with Crippen LogP contribution in [0.15, 0.2) is 12.2 Å². The van der Waals surface area contributed by atoms with Gasteiger partial charge in [-0.1, -0.05) is 12.2 Å². The minimum absolute atomic E-state index is 0. The zero-order valence-electron chi connectivity index (χ0n) is 6.10. The summed E-state index contributed by atoms with van der Waals surface area (Å²) in [7, 11) is 0. The maximum absolute atomic E-state index is 10.5. The van der Waals surface area contributed by atoms with Crippen molar-refractivity contribution < 1.29 is 40.9 Å². The van der Waals surface area contributed by atoms with Gasteiger partial charge in [0.05, 0.1) is 0 Å². The first-order valence-electron chi connectivity index (χ1n) is 3.21. The number of hydrogen-bond acceptors (Lipinski definition) is 2. The fraction of sp³-hybridized carbons (Fsp3) is 0.429. The summed E-state index contributed by atoms with van der Waals surface area (Å²) in [4.78, 5) is 21.1. The van der Waals surface area contributed by atoms with Gasteiger partial charge in [0.2, 0.25) is 0 Å². The van der Waals surface area contributed by atoms with Crippen molar-refractivity contribution in [3.05, 3.63) is 12.2 Å². The van der Waals surface area contributed by atoms with Crippen molar-refractivity contribution in [2.24, 2.45) is 5.41 Å². The van der Waals surface area contributed by atoms with E-state index in [9.17, 15) is 9.59 Å². The minimum atomic E-state index is -1.58. The number of allylic oxidation sites excluding steroid dienone is 2. The second-order valence-corrected chi connectivity index (χ2v) is 2.57. The van der Waals surface area contributed by atoms with Crippen molar-refractivity contribution in [2.45, 2.75) is 12.8 Å². The van der Waals surface area contributed by atoms with Crippen molar-refractivity contribution in [1.82, 2.24) is 0 Å². The van der Waals surface area contributed by atoms with Crippen molar-refractivity contribution in [3.63, 3.8) is 0 Å². The number of aliphatic carboxylic acids is 2. The maximum Gasteiger partial charge on any atom is 0.321 e.